The summed E-state index contributed by atoms with van der Waals surface area (Å²) in [5, 5.41) is 19.2. The summed E-state index contributed by atoms with van der Waals surface area (Å²) in [7, 11) is 0. The average molecular weight is 221 g/mol. The van der Waals surface area contributed by atoms with Crippen LogP contribution in [0.3, 0.4) is 0 Å². The van der Waals surface area contributed by atoms with Crippen LogP contribution >= 0.6 is 11.3 Å². The van der Waals surface area contributed by atoms with E-state index < -0.39 is 0 Å². The Labute approximate surface area is 91.7 Å². The highest BCUT2D eigenvalue weighted by molar-refractivity contribution is 7.15. The quantitative estimate of drug-likeness (QED) is 0.818. The molecule has 0 atom stereocenters. The van der Waals surface area contributed by atoms with Crippen molar-refractivity contribution in [3.05, 3.63) is 34.8 Å². The number of aromatic hydroxyl groups is 1. The monoisotopic (exact) mass is 221 g/mol. The van der Waals surface area contributed by atoms with Gasteiger partial charge in [0.2, 0.25) is 0 Å². The smallest absolute Gasteiger partial charge is 0.124 e. The summed E-state index contributed by atoms with van der Waals surface area (Å²) in [6, 6.07) is 6.95. The molecule has 4 heteroatoms. The minimum absolute atomic E-state index is 0.0162. The molecule has 2 N–H and O–H groups in total. The van der Waals surface area contributed by atoms with Gasteiger partial charge < -0.3 is 10.2 Å². The number of benzene rings is 1. The summed E-state index contributed by atoms with van der Waals surface area (Å²) in [6.07, 6.45) is 0. The van der Waals surface area contributed by atoms with E-state index in [1.165, 1.54) is 11.3 Å². The van der Waals surface area contributed by atoms with Crippen molar-refractivity contribution in [3.8, 4) is 16.3 Å². The molecule has 3 nitrogen and oxygen atoms in total. The van der Waals surface area contributed by atoms with Crippen molar-refractivity contribution in [1.29, 1.82) is 0 Å². The van der Waals surface area contributed by atoms with Gasteiger partial charge >= 0.3 is 0 Å². The van der Waals surface area contributed by atoms with E-state index in [1.54, 1.807) is 18.2 Å². The summed E-state index contributed by atoms with van der Waals surface area (Å²) in [4.78, 5) is 5.21. The van der Waals surface area contributed by atoms with Gasteiger partial charge in [-0.15, -0.1) is 11.3 Å². The maximum atomic E-state index is 9.34. The molecule has 0 aliphatic heterocycles. The molecule has 1 heterocycles. The third kappa shape index (κ3) is 2.00. The van der Waals surface area contributed by atoms with E-state index in [9.17, 15) is 5.11 Å². The third-order valence-corrected chi connectivity index (χ3v) is 3.32. The molecule has 0 bridgehead atoms. The molecule has 2 rings (SSSR count). The molecule has 0 unspecified atom stereocenters. The lowest BCUT2D eigenvalue weighted by molar-refractivity contribution is 0.284. The lowest BCUT2D eigenvalue weighted by Crippen LogP contribution is -1.80. The number of thiazole rings is 1. The van der Waals surface area contributed by atoms with Crippen molar-refractivity contribution >= 4 is 11.3 Å². The van der Waals surface area contributed by atoms with Crippen molar-refractivity contribution in [3.63, 3.8) is 0 Å². The summed E-state index contributed by atoms with van der Waals surface area (Å²) in [5.74, 6) is 0.228. The zero-order chi connectivity index (χ0) is 10.8. The lowest BCUT2D eigenvalue weighted by Gasteiger charge is -1.96. The second kappa shape index (κ2) is 4.00. The van der Waals surface area contributed by atoms with Gasteiger partial charge in [-0.1, -0.05) is 12.1 Å². The van der Waals surface area contributed by atoms with Gasteiger partial charge in [0.25, 0.3) is 0 Å². The van der Waals surface area contributed by atoms with E-state index in [1.807, 2.05) is 13.0 Å². The molecule has 0 aliphatic carbocycles. The predicted octanol–water partition coefficient (Wildman–Crippen LogP) is 2.32. The SMILES string of the molecule is Cc1nc(-c2cccc(O)c2)sc1CO. The van der Waals surface area contributed by atoms with Crippen molar-refractivity contribution < 1.29 is 10.2 Å². The minimum Gasteiger partial charge on any atom is -0.508 e. The van der Waals surface area contributed by atoms with Crippen LogP contribution in [-0.2, 0) is 6.61 Å². The Kier molecular flexibility index (Phi) is 2.70. The Bertz CT molecular complexity index is 479. The van der Waals surface area contributed by atoms with E-state index in [0.717, 1.165) is 21.1 Å². The van der Waals surface area contributed by atoms with Gasteiger partial charge in [0.15, 0.2) is 0 Å². The van der Waals surface area contributed by atoms with Gasteiger partial charge in [-0.05, 0) is 19.1 Å². The number of phenols is 1. The van der Waals surface area contributed by atoms with Crippen LogP contribution in [0.25, 0.3) is 10.6 Å². The van der Waals surface area contributed by atoms with Crippen LogP contribution < -0.4 is 0 Å². The van der Waals surface area contributed by atoms with Gasteiger partial charge in [-0.25, -0.2) is 4.98 Å². The normalized spacial score (nSPS) is 10.5. The highest BCUT2D eigenvalue weighted by Gasteiger charge is 2.08. The molecule has 2 aromatic rings. The van der Waals surface area contributed by atoms with Gasteiger partial charge in [-0.3, -0.25) is 0 Å². The molecule has 0 fully saturated rings. The highest BCUT2D eigenvalue weighted by Crippen LogP contribution is 2.29. The number of hydrogen-bond acceptors (Lipinski definition) is 4. The molecular weight excluding hydrogens is 210 g/mol. The second-order valence-corrected chi connectivity index (χ2v) is 4.32. The van der Waals surface area contributed by atoms with Crippen LogP contribution in [0.5, 0.6) is 5.75 Å². The molecule has 0 radical (unpaired) electrons. The molecule has 0 spiro atoms. The van der Waals surface area contributed by atoms with E-state index >= 15 is 0 Å². The zero-order valence-electron chi connectivity index (χ0n) is 8.27. The summed E-state index contributed by atoms with van der Waals surface area (Å²) in [6.45, 7) is 1.89. The van der Waals surface area contributed by atoms with Crippen molar-refractivity contribution in [2.45, 2.75) is 13.5 Å². The number of aromatic nitrogens is 1. The van der Waals surface area contributed by atoms with Crippen LogP contribution in [0.1, 0.15) is 10.6 Å². The summed E-state index contributed by atoms with van der Waals surface area (Å²) in [5.41, 5.74) is 1.73. The molecule has 0 saturated carbocycles. The molecule has 78 valence electrons. The zero-order valence-corrected chi connectivity index (χ0v) is 9.08. The van der Waals surface area contributed by atoms with Crippen LogP contribution in [0, 0.1) is 6.92 Å². The number of aryl methyl sites for hydroxylation is 1. The van der Waals surface area contributed by atoms with Crippen LogP contribution in [-0.4, -0.2) is 15.2 Å². The van der Waals surface area contributed by atoms with Crippen molar-refractivity contribution in [2.24, 2.45) is 0 Å². The van der Waals surface area contributed by atoms with Gasteiger partial charge in [0, 0.05) is 5.56 Å². The molecule has 0 aliphatic rings. The molecule has 0 saturated heterocycles. The fraction of sp³-hybridized carbons (Fsp3) is 0.182. The second-order valence-electron chi connectivity index (χ2n) is 3.24. The topological polar surface area (TPSA) is 53.4 Å². The van der Waals surface area contributed by atoms with Gasteiger partial charge in [-0.2, -0.15) is 0 Å². The van der Waals surface area contributed by atoms with Crippen LogP contribution in [0.15, 0.2) is 24.3 Å². The molecule has 1 aromatic carbocycles. The van der Waals surface area contributed by atoms with E-state index in [2.05, 4.69) is 4.98 Å². The maximum absolute atomic E-state index is 9.34. The average Bonchev–Trinajstić information content (AvgIpc) is 2.60. The fourth-order valence-electron chi connectivity index (χ4n) is 1.34. The first-order valence-corrected chi connectivity index (χ1v) is 5.39. The number of rotatable bonds is 2. The van der Waals surface area contributed by atoms with Gasteiger partial charge in [0.1, 0.15) is 10.8 Å². The Morgan fingerprint density at radius 2 is 2.20 bits per heavy atom. The maximum Gasteiger partial charge on any atom is 0.124 e. The Hall–Kier alpha value is -1.39. The first kappa shape index (κ1) is 10.1. The summed E-state index contributed by atoms with van der Waals surface area (Å²) < 4.78 is 0. The molecule has 0 amide bonds. The van der Waals surface area contributed by atoms with E-state index in [4.69, 9.17) is 5.11 Å². The molecular formula is C11H11NO2S. The largest absolute Gasteiger partial charge is 0.508 e. The van der Waals surface area contributed by atoms with Crippen molar-refractivity contribution in [1.82, 2.24) is 4.98 Å². The Balaban J connectivity index is 2.45. The molecule has 1 aromatic heterocycles. The summed E-state index contributed by atoms with van der Waals surface area (Å²) >= 11 is 1.45. The first-order valence-electron chi connectivity index (χ1n) is 4.57. The predicted molar refractivity (Wildman–Crippen MR) is 59.9 cm³/mol. The Morgan fingerprint density at radius 1 is 1.40 bits per heavy atom. The van der Waals surface area contributed by atoms with E-state index in [0.29, 0.717) is 0 Å². The standard InChI is InChI=1S/C11H11NO2S/c1-7-10(6-13)15-11(12-7)8-3-2-4-9(14)5-8/h2-5,13-14H,6H2,1H3. The number of aliphatic hydroxyl groups excluding tert-OH is 1. The fourth-order valence-corrected chi connectivity index (χ4v) is 2.26. The number of nitrogens with zero attached hydrogens (tertiary/aromatic N) is 1. The Morgan fingerprint density at radius 3 is 2.80 bits per heavy atom. The number of hydrogen-bond donors (Lipinski definition) is 2. The third-order valence-electron chi connectivity index (χ3n) is 2.13. The van der Waals surface area contributed by atoms with Gasteiger partial charge in [0.05, 0.1) is 17.2 Å². The van der Waals surface area contributed by atoms with Crippen molar-refractivity contribution in [2.75, 3.05) is 0 Å². The molecule has 15 heavy (non-hydrogen) atoms. The van der Waals surface area contributed by atoms with E-state index in [-0.39, 0.29) is 12.4 Å². The number of phenolic OH excluding ortho intramolecular Hbond substituents is 1. The highest BCUT2D eigenvalue weighted by atomic mass is 32.1. The van der Waals surface area contributed by atoms with Crippen LogP contribution in [0.2, 0.25) is 0 Å². The first-order chi connectivity index (χ1) is 7.20. The number of aliphatic hydroxyl groups is 1. The lowest BCUT2D eigenvalue weighted by atomic mass is 10.2. The van der Waals surface area contributed by atoms with Crippen LogP contribution in [0.4, 0.5) is 0 Å². The minimum atomic E-state index is 0.0162.